The average molecular weight is 292 g/mol. The van der Waals surface area contributed by atoms with Crippen LogP contribution in [-0.2, 0) is 6.54 Å². The number of rotatable bonds is 5. The summed E-state index contributed by atoms with van der Waals surface area (Å²) < 4.78 is 45.8. The molecule has 0 radical (unpaired) electrons. The predicted molar refractivity (Wildman–Crippen MR) is 65.8 cm³/mol. The van der Waals surface area contributed by atoms with Gasteiger partial charge in [0.25, 0.3) is 0 Å². The molecule has 0 aromatic heterocycles. The first kappa shape index (κ1) is 15.9. The van der Waals surface area contributed by atoms with E-state index in [-0.39, 0.29) is 6.54 Å². The number of hydrogen-bond donors (Lipinski definition) is 2. The third-order valence-corrected chi connectivity index (χ3v) is 2.38. The number of nitrogens with one attached hydrogen (secondary N) is 2. The van der Waals surface area contributed by atoms with Gasteiger partial charge in [0, 0.05) is 18.2 Å². The molecule has 0 fully saturated rings. The molecule has 20 heavy (non-hydrogen) atoms. The van der Waals surface area contributed by atoms with Crippen LogP contribution in [0.4, 0.5) is 18.0 Å². The molecule has 0 heterocycles. The summed E-state index contributed by atoms with van der Waals surface area (Å²) >= 11 is 0. The van der Waals surface area contributed by atoms with E-state index in [1.807, 2.05) is 0 Å². The van der Waals surface area contributed by atoms with Crippen LogP contribution < -0.4 is 20.1 Å². The van der Waals surface area contributed by atoms with Crippen molar-refractivity contribution in [3.05, 3.63) is 23.8 Å². The van der Waals surface area contributed by atoms with E-state index in [2.05, 4.69) is 5.32 Å². The van der Waals surface area contributed by atoms with Gasteiger partial charge in [0.1, 0.15) is 18.0 Å². The minimum Gasteiger partial charge on any atom is -0.497 e. The molecule has 0 aliphatic heterocycles. The molecular formula is C12H15F3N2O3. The van der Waals surface area contributed by atoms with Crippen molar-refractivity contribution < 1.29 is 27.4 Å². The van der Waals surface area contributed by atoms with E-state index < -0.39 is 18.8 Å². The van der Waals surface area contributed by atoms with Crippen LogP contribution >= 0.6 is 0 Å². The Morgan fingerprint density at radius 3 is 2.45 bits per heavy atom. The Hall–Kier alpha value is -2.12. The number of benzene rings is 1. The highest BCUT2D eigenvalue weighted by Crippen LogP contribution is 2.24. The summed E-state index contributed by atoms with van der Waals surface area (Å²) in [6, 6.07) is 4.03. The van der Waals surface area contributed by atoms with Gasteiger partial charge in [-0.3, -0.25) is 0 Å². The molecule has 0 aliphatic rings. The van der Waals surface area contributed by atoms with Crippen LogP contribution in [0.25, 0.3) is 0 Å². The molecule has 2 N–H and O–H groups in total. The minimum atomic E-state index is -4.44. The molecule has 0 aliphatic carbocycles. The fourth-order valence-electron chi connectivity index (χ4n) is 1.42. The number of hydrogen-bond acceptors (Lipinski definition) is 3. The summed E-state index contributed by atoms with van der Waals surface area (Å²) in [5.41, 5.74) is 0.621. The van der Waals surface area contributed by atoms with Crippen LogP contribution in [0.1, 0.15) is 5.56 Å². The summed E-state index contributed by atoms with van der Waals surface area (Å²) in [6.45, 7) is -1.34. The second kappa shape index (κ2) is 6.88. The van der Waals surface area contributed by atoms with Gasteiger partial charge in [-0.05, 0) is 12.1 Å². The van der Waals surface area contributed by atoms with E-state index in [0.29, 0.717) is 17.1 Å². The lowest BCUT2D eigenvalue weighted by Crippen LogP contribution is -2.40. The van der Waals surface area contributed by atoms with Gasteiger partial charge in [-0.15, -0.1) is 0 Å². The average Bonchev–Trinajstić information content (AvgIpc) is 2.41. The van der Waals surface area contributed by atoms with Crippen molar-refractivity contribution in [1.82, 2.24) is 10.6 Å². The molecule has 1 aromatic carbocycles. The van der Waals surface area contributed by atoms with Gasteiger partial charge in [0.2, 0.25) is 0 Å². The Balaban J connectivity index is 2.55. The van der Waals surface area contributed by atoms with Gasteiger partial charge in [-0.1, -0.05) is 0 Å². The van der Waals surface area contributed by atoms with Crippen LogP contribution in [0.5, 0.6) is 11.5 Å². The van der Waals surface area contributed by atoms with Crippen molar-refractivity contribution in [1.29, 1.82) is 0 Å². The lowest BCUT2D eigenvalue weighted by atomic mass is 10.2. The second-order valence-electron chi connectivity index (χ2n) is 3.83. The highest BCUT2D eigenvalue weighted by molar-refractivity contribution is 5.73. The number of halogens is 3. The smallest absolute Gasteiger partial charge is 0.405 e. The van der Waals surface area contributed by atoms with Gasteiger partial charge in [-0.25, -0.2) is 4.79 Å². The SMILES string of the molecule is COc1ccc(CNC(=O)NCC(F)(F)F)c(OC)c1. The first-order valence-electron chi connectivity index (χ1n) is 5.65. The lowest BCUT2D eigenvalue weighted by molar-refractivity contribution is -0.122. The van der Waals surface area contributed by atoms with Crippen molar-refractivity contribution in [2.24, 2.45) is 0 Å². The quantitative estimate of drug-likeness (QED) is 0.873. The number of carbonyl (C=O) groups excluding carboxylic acids is 1. The molecule has 2 amide bonds. The molecule has 1 aromatic rings. The maximum Gasteiger partial charge on any atom is 0.405 e. The zero-order valence-electron chi connectivity index (χ0n) is 11.0. The number of methoxy groups -OCH3 is 2. The highest BCUT2D eigenvalue weighted by atomic mass is 19.4. The number of carbonyl (C=O) groups is 1. The molecule has 0 unspecified atom stereocenters. The van der Waals surface area contributed by atoms with Crippen molar-refractivity contribution in [2.45, 2.75) is 12.7 Å². The predicted octanol–water partition coefficient (Wildman–Crippen LogP) is 2.07. The Morgan fingerprint density at radius 2 is 1.90 bits per heavy atom. The fourth-order valence-corrected chi connectivity index (χ4v) is 1.42. The summed E-state index contributed by atoms with van der Waals surface area (Å²) in [6.07, 6.45) is -4.44. The van der Waals surface area contributed by atoms with Gasteiger partial charge >= 0.3 is 12.2 Å². The van der Waals surface area contributed by atoms with Crippen molar-refractivity contribution in [2.75, 3.05) is 20.8 Å². The Labute approximate surface area is 114 Å². The summed E-state index contributed by atoms with van der Waals surface area (Å²) in [5, 5.41) is 4.03. The van der Waals surface area contributed by atoms with E-state index in [4.69, 9.17) is 9.47 Å². The Kier molecular flexibility index (Phi) is 5.48. The van der Waals surface area contributed by atoms with Gasteiger partial charge in [0.15, 0.2) is 0 Å². The zero-order chi connectivity index (χ0) is 15.2. The zero-order valence-corrected chi connectivity index (χ0v) is 11.0. The van der Waals surface area contributed by atoms with E-state index in [1.54, 1.807) is 23.5 Å². The van der Waals surface area contributed by atoms with E-state index in [1.165, 1.54) is 14.2 Å². The van der Waals surface area contributed by atoms with Crippen molar-refractivity contribution in [3.8, 4) is 11.5 Å². The van der Waals surface area contributed by atoms with Crippen LogP contribution in [0.3, 0.4) is 0 Å². The third kappa shape index (κ3) is 5.25. The Bertz CT molecular complexity index is 464. The molecule has 0 bridgehead atoms. The summed E-state index contributed by atoms with van der Waals surface area (Å²) in [4.78, 5) is 11.2. The first-order valence-corrected chi connectivity index (χ1v) is 5.65. The fraction of sp³-hybridized carbons (Fsp3) is 0.417. The van der Waals surface area contributed by atoms with Gasteiger partial charge in [-0.2, -0.15) is 13.2 Å². The lowest BCUT2D eigenvalue weighted by Gasteiger charge is -2.12. The van der Waals surface area contributed by atoms with Crippen LogP contribution in [-0.4, -0.2) is 33.0 Å². The van der Waals surface area contributed by atoms with Crippen molar-refractivity contribution >= 4 is 6.03 Å². The minimum absolute atomic E-state index is 0.0385. The van der Waals surface area contributed by atoms with Crippen molar-refractivity contribution in [3.63, 3.8) is 0 Å². The van der Waals surface area contributed by atoms with E-state index in [0.717, 1.165) is 0 Å². The van der Waals surface area contributed by atoms with Gasteiger partial charge < -0.3 is 20.1 Å². The number of urea groups is 1. The Morgan fingerprint density at radius 1 is 1.20 bits per heavy atom. The molecular weight excluding hydrogens is 277 g/mol. The molecule has 112 valence electrons. The highest BCUT2D eigenvalue weighted by Gasteiger charge is 2.27. The normalized spacial score (nSPS) is 10.8. The molecule has 8 heteroatoms. The molecule has 0 spiro atoms. The topological polar surface area (TPSA) is 59.6 Å². The molecule has 1 rings (SSSR count). The second-order valence-corrected chi connectivity index (χ2v) is 3.83. The van der Waals surface area contributed by atoms with E-state index >= 15 is 0 Å². The monoisotopic (exact) mass is 292 g/mol. The van der Waals surface area contributed by atoms with Gasteiger partial charge in [0.05, 0.1) is 14.2 Å². The number of alkyl halides is 3. The van der Waals surface area contributed by atoms with Crippen LogP contribution in [0.15, 0.2) is 18.2 Å². The molecule has 0 saturated carbocycles. The summed E-state index contributed by atoms with van der Waals surface area (Å²) in [5.74, 6) is 1.05. The summed E-state index contributed by atoms with van der Waals surface area (Å²) in [7, 11) is 2.94. The largest absolute Gasteiger partial charge is 0.497 e. The maximum absolute atomic E-state index is 11.9. The molecule has 5 nitrogen and oxygen atoms in total. The number of ether oxygens (including phenoxy) is 2. The first-order chi connectivity index (χ1) is 9.35. The molecule has 0 saturated heterocycles. The maximum atomic E-state index is 11.9. The number of amides is 2. The molecule has 0 atom stereocenters. The standard InChI is InChI=1S/C12H15F3N2O3/c1-19-9-4-3-8(10(5-9)20-2)6-16-11(18)17-7-12(13,14)15/h3-5H,6-7H2,1-2H3,(H2,16,17,18). The third-order valence-electron chi connectivity index (χ3n) is 2.38. The van der Waals surface area contributed by atoms with Crippen LogP contribution in [0, 0.1) is 0 Å². The van der Waals surface area contributed by atoms with E-state index in [9.17, 15) is 18.0 Å². The van der Waals surface area contributed by atoms with Crippen LogP contribution in [0.2, 0.25) is 0 Å².